The second-order valence-corrected chi connectivity index (χ2v) is 6.37. The Morgan fingerprint density at radius 1 is 1.31 bits per heavy atom. The minimum atomic E-state index is -5.08. The molecule has 1 fully saturated rings. The van der Waals surface area contributed by atoms with Gasteiger partial charge in [-0.15, -0.1) is 0 Å². The van der Waals surface area contributed by atoms with Gasteiger partial charge in [-0.1, -0.05) is 18.2 Å². The number of rotatable bonds is 2. The molecule has 29 heavy (non-hydrogen) atoms. The number of pyridine rings is 1. The van der Waals surface area contributed by atoms with Crippen molar-refractivity contribution in [2.45, 2.75) is 24.9 Å². The zero-order chi connectivity index (χ0) is 21.8. The van der Waals surface area contributed by atoms with Crippen molar-refractivity contribution < 1.29 is 36.6 Å². The molecule has 2 aromatic rings. The molecule has 2 heterocycles. The average molecular weight is 419 g/mol. The second-order valence-electron chi connectivity index (χ2n) is 6.37. The summed E-state index contributed by atoms with van der Waals surface area (Å²) in [7, 11) is 0. The first-order valence-electron chi connectivity index (χ1n) is 8.29. The number of aromatic nitrogens is 1. The van der Waals surface area contributed by atoms with Crippen LogP contribution < -0.4 is 11.1 Å². The van der Waals surface area contributed by atoms with E-state index in [1.807, 2.05) is 25.1 Å². The second kappa shape index (κ2) is 8.80. The van der Waals surface area contributed by atoms with Gasteiger partial charge < -0.3 is 20.9 Å². The van der Waals surface area contributed by atoms with E-state index < -0.39 is 35.9 Å². The molecule has 0 bridgehead atoms. The van der Waals surface area contributed by atoms with Gasteiger partial charge in [0.05, 0.1) is 0 Å². The lowest BCUT2D eigenvalue weighted by atomic mass is 9.91. The molecule has 0 radical (unpaired) electrons. The first kappa shape index (κ1) is 22.7. The maximum Gasteiger partial charge on any atom is 0.490 e. The summed E-state index contributed by atoms with van der Waals surface area (Å²) in [4.78, 5) is 12.1. The van der Waals surface area contributed by atoms with Crippen LogP contribution in [-0.4, -0.2) is 41.6 Å². The highest BCUT2D eigenvalue weighted by molar-refractivity contribution is 5.73. The minimum Gasteiger partial charge on any atom is -0.475 e. The van der Waals surface area contributed by atoms with Gasteiger partial charge in [-0.2, -0.15) is 26.9 Å². The van der Waals surface area contributed by atoms with E-state index in [1.165, 1.54) is 6.07 Å². The van der Waals surface area contributed by atoms with Crippen LogP contribution >= 0.6 is 0 Å². The van der Waals surface area contributed by atoms with Crippen molar-refractivity contribution >= 4 is 5.97 Å². The summed E-state index contributed by atoms with van der Waals surface area (Å²) in [6.45, 7) is 3.12. The number of nitrogens with zero attached hydrogens (tertiary/aromatic N) is 1. The van der Waals surface area contributed by atoms with Crippen molar-refractivity contribution in [2.75, 3.05) is 13.1 Å². The predicted octanol–water partition coefficient (Wildman–Crippen LogP) is 2.78. The van der Waals surface area contributed by atoms with Crippen molar-refractivity contribution in [1.82, 2.24) is 10.3 Å². The van der Waals surface area contributed by atoms with Gasteiger partial charge in [0.25, 0.3) is 0 Å². The van der Waals surface area contributed by atoms with Crippen LogP contribution in [0.25, 0.3) is 11.1 Å². The number of nitrogens with two attached hydrogens (primary N) is 1. The molecule has 1 aromatic carbocycles. The molecule has 3 rings (SSSR count). The van der Waals surface area contributed by atoms with E-state index in [1.54, 1.807) is 6.07 Å². The number of carbonyl (C=O) groups is 1. The molecule has 11 heteroatoms. The number of hydrogen-bond donors (Lipinski definition) is 3. The quantitative estimate of drug-likeness (QED) is 0.512. The lowest BCUT2D eigenvalue weighted by molar-refractivity contribution is -0.192. The Bertz CT molecular complexity index is 878. The Hall–Kier alpha value is -2.63. The average Bonchev–Trinajstić information content (AvgIpc) is 2.61. The number of morpholine rings is 1. The smallest absolute Gasteiger partial charge is 0.475 e. The lowest BCUT2D eigenvalue weighted by Gasteiger charge is -2.38. The van der Waals surface area contributed by atoms with Crippen LogP contribution in [0.3, 0.4) is 0 Å². The van der Waals surface area contributed by atoms with E-state index in [2.05, 4.69) is 10.3 Å². The molecule has 0 saturated carbocycles. The van der Waals surface area contributed by atoms with Crippen molar-refractivity contribution in [3.63, 3.8) is 0 Å². The maximum atomic E-state index is 13.9. The molecule has 2 unspecified atom stereocenters. The van der Waals surface area contributed by atoms with E-state index in [4.69, 9.17) is 20.4 Å². The van der Waals surface area contributed by atoms with Crippen molar-refractivity contribution in [3.05, 3.63) is 53.9 Å². The molecule has 6 nitrogen and oxygen atoms in total. The fraction of sp³-hybridized carbons (Fsp3) is 0.333. The van der Waals surface area contributed by atoms with E-state index in [9.17, 15) is 22.0 Å². The number of nitrogens with one attached hydrogen (secondary N) is 1. The molecular weight excluding hydrogens is 401 g/mol. The van der Waals surface area contributed by atoms with Gasteiger partial charge >= 0.3 is 12.1 Å². The van der Waals surface area contributed by atoms with Gasteiger partial charge in [0, 0.05) is 18.7 Å². The third kappa shape index (κ3) is 5.92. The summed E-state index contributed by atoms with van der Waals surface area (Å²) >= 11 is 0. The highest BCUT2D eigenvalue weighted by Crippen LogP contribution is 2.31. The summed E-state index contributed by atoms with van der Waals surface area (Å²) in [6, 6.07) is 9.80. The van der Waals surface area contributed by atoms with Gasteiger partial charge in [-0.3, -0.25) is 0 Å². The third-order valence-corrected chi connectivity index (χ3v) is 4.06. The van der Waals surface area contributed by atoms with Gasteiger partial charge in [0.2, 0.25) is 11.9 Å². The van der Waals surface area contributed by atoms with Gasteiger partial charge in [-0.05, 0) is 36.2 Å². The highest BCUT2D eigenvalue weighted by Gasteiger charge is 2.38. The van der Waals surface area contributed by atoms with E-state index in [-0.39, 0.29) is 5.56 Å². The van der Waals surface area contributed by atoms with E-state index in [0.29, 0.717) is 18.7 Å². The van der Waals surface area contributed by atoms with Crippen LogP contribution in [0.1, 0.15) is 12.5 Å². The number of carboxylic acid groups (broad SMARTS) is 1. The zero-order valence-corrected chi connectivity index (χ0v) is 15.1. The number of hydrogen-bond acceptors (Lipinski definition) is 5. The normalized spacial score (nSPS) is 21.8. The van der Waals surface area contributed by atoms with Crippen LogP contribution in [0.4, 0.5) is 22.0 Å². The molecule has 1 saturated heterocycles. The topological polar surface area (TPSA) is 97.5 Å². The van der Waals surface area contributed by atoms with Crippen LogP contribution in [0.5, 0.6) is 0 Å². The molecule has 2 atom stereocenters. The number of halogens is 5. The Labute approximate surface area is 162 Å². The number of benzene rings is 1. The molecule has 0 spiro atoms. The monoisotopic (exact) mass is 419 g/mol. The van der Waals surface area contributed by atoms with Crippen LogP contribution in [0.15, 0.2) is 36.4 Å². The molecule has 1 aliphatic heterocycles. The SMILES string of the molecule is CC1(c2cccc(-c3ccc(F)nc3F)c2)CNCC(N)O1.O=C(O)C(F)(F)F. The third-order valence-electron chi connectivity index (χ3n) is 4.06. The Balaban J connectivity index is 0.000000370. The Morgan fingerprint density at radius 2 is 1.97 bits per heavy atom. The number of ether oxygens (including phenoxy) is 1. The number of carboxylic acids is 1. The minimum absolute atomic E-state index is 0.250. The Morgan fingerprint density at radius 3 is 2.52 bits per heavy atom. The number of alkyl halides is 3. The Kier molecular flexibility index (Phi) is 6.88. The van der Waals surface area contributed by atoms with E-state index in [0.717, 1.165) is 11.6 Å². The van der Waals surface area contributed by atoms with Crippen LogP contribution in [0.2, 0.25) is 0 Å². The number of aliphatic carboxylic acids is 1. The molecule has 1 aromatic heterocycles. The predicted molar refractivity (Wildman–Crippen MR) is 92.6 cm³/mol. The molecule has 0 aliphatic carbocycles. The maximum absolute atomic E-state index is 13.9. The molecule has 4 N–H and O–H groups in total. The van der Waals surface area contributed by atoms with E-state index >= 15 is 0 Å². The summed E-state index contributed by atoms with van der Waals surface area (Å²) in [5, 5.41) is 10.3. The standard InChI is InChI=1S/C16H17F2N3O.C2HF3O2/c1-16(9-20-8-14(19)22-16)11-4-2-3-10(7-11)12-5-6-13(17)21-15(12)18;3-2(4,5)1(6)7/h2-7,14,20H,8-9,19H2,1H3;(H,6,7). The largest absolute Gasteiger partial charge is 0.490 e. The molecule has 0 amide bonds. The van der Waals surface area contributed by atoms with Gasteiger partial charge in [-0.25, -0.2) is 4.79 Å². The first-order valence-corrected chi connectivity index (χ1v) is 8.29. The fourth-order valence-corrected chi connectivity index (χ4v) is 2.68. The van der Waals surface area contributed by atoms with Gasteiger partial charge in [0.1, 0.15) is 11.8 Å². The highest BCUT2D eigenvalue weighted by atomic mass is 19.4. The summed E-state index contributed by atoms with van der Waals surface area (Å²) in [5.74, 6) is -4.43. The fourth-order valence-electron chi connectivity index (χ4n) is 2.68. The van der Waals surface area contributed by atoms with Crippen molar-refractivity contribution in [1.29, 1.82) is 0 Å². The molecule has 1 aliphatic rings. The molecular formula is C18H18F5N3O3. The van der Waals surface area contributed by atoms with Crippen molar-refractivity contribution in [3.8, 4) is 11.1 Å². The van der Waals surface area contributed by atoms with Crippen LogP contribution in [-0.2, 0) is 15.1 Å². The first-order chi connectivity index (χ1) is 13.4. The lowest BCUT2D eigenvalue weighted by Crippen LogP contribution is -2.53. The van der Waals surface area contributed by atoms with Gasteiger partial charge in [0.15, 0.2) is 0 Å². The summed E-state index contributed by atoms with van der Waals surface area (Å²) in [5.41, 5.74) is 6.98. The van der Waals surface area contributed by atoms with Crippen molar-refractivity contribution in [2.24, 2.45) is 5.73 Å². The van der Waals surface area contributed by atoms with Crippen LogP contribution in [0, 0.1) is 11.9 Å². The summed E-state index contributed by atoms with van der Waals surface area (Å²) < 4.78 is 64.4. The molecule has 158 valence electrons. The zero-order valence-electron chi connectivity index (χ0n) is 15.1. The summed E-state index contributed by atoms with van der Waals surface area (Å²) in [6.07, 6.45) is -5.48.